The smallest absolute Gasteiger partial charge is 0.0701 e. The lowest BCUT2D eigenvalue weighted by molar-refractivity contribution is 0.590. The molecule has 0 saturated carbocycles. The van der Waals surface area contributed by atoms with E-state index in [0.717, 1.165) is 58.4 Å². The highest BCUT2D eigenvalue weighted by molar-refractivity contribution is 5.75. The molecule has 0 amide bonds. The van der Waals surface area contributed by atoms with E-state index in [2.05, 4.69) is 180 Å². The minimum absolute atomic E-state index is 0.0761. The molecule has 50 heavy (non-hydrogen) atoms. The molecular formula is C46H42N4. The Morgan fingerprint density at radius 2 is 0.820 bits per heavy atom. The first-order valence-electron chi connectivity index (χ1n) is 17.2. The summed E-state index contributed by atoms with van der Waals surface area (Å²) in [4.78, 5) is 14.0. The maximum atomic E-state index is 4.58. The van der Waals surface area contributed by atoms with Gasteiger partial charge >= 0.3 is 0 Å². The molecule has 0 saturated heterocycles. The van der Waals surface area contributed by atoms with Crippen LogP contribution >= 0.6 is 0 Å². The molecule has 2 aromatic heterocycles. The molecule has 4 nitrogen and oxygen atoms in total. The SMILES string of the molecule is CC(C)(C)c1cc(N(Cc2ccccc2)c2ccc(-c3ccccn3)cc2)cc(N(Cc2ccccc2)c2ccc(-c3ccccn3)cc2)c1. The van der Waals surface area contributed by atoms with Crippen molar-refractivity contribution in [2.24, 2.45) is 0 Å². The summed E-state index contributed by atoms with van der Waals surface area (Å²) < 4.78 is 0. The van der Waals surface area contributed by atoms with Crippen molar-refractivity contribution < 1.29 is 0 Å². The second kappa shape index (κ2) is 14.6. The second-order valence-electron chi connectivity index (χ2n) is 13.7. The first-order valence-corrected chi connectivity index (χ1v) is 17.2. The average Bonchev–Trinajstić information content (AvgIpc) is 3.17. The summed E-state index contributed by atoms with van der Waals surface area (Å²) in [6.07, 6.45) is 3.69. The minimum atomic E-state index is -0.0761. The van der Waals surface area contributed by atoms with E-state index in [1.807, 2.05) is 36.7 Å². The molecule has 0 fully saturated rings. The fourth-order valence-electron chi connectivity index (χ4n) is 6.23. The second-order valence-corrected chi connectivity index (χ2v) is 13.7. The van der Waals surface area contributed by atoms with Crippen molar-refractivity contribution in [1.82, 2.24) is 9.97 Å². The highest BCUT2D eigenvalue weighted by atomic mass is 15.2. The summed E-state index contributed by atoms with van der Waals surface area (Å²) in [7, 11) is 0. The van der Waals surface area contributed by atoms with Crippen molar-refractivity contribution in [1.29, 1.82) is 0 Å². The van der Waals surface area contributed by atoms with Gasteiger partial charge in [-0.3, -0.25) is 9.97 Å². The lowest BCUT2D eigenvalue weighted by Gasteiger charge is -2.32. The Morgan fingerprint density at radius 1 is 0.420 bits per heavy atom. The van der Waals surface area contributed by atoms with Gasteiger partial charge in [0.1, 0.15) is 0 Å². The highest BCUT2D eigenvalue weighted by Gasteiger charge is 2.22. The van der Waals surface area contributed by atoms with Crippen LogP contribution in [0.25, 0.3) is 22.5 Å². The van der Waals surface area contributed by atoms with Crippen LogP contribution in [0, 0.1) is 0 Å². The van der Waals surface area contributed by atoms with Gasteiger partial charge in [-0.25, -0.2) is 0 Å². The number of benzene rings is 5. The van der Waals surface area contributed by atoms with Gasteiger partial charge in [-0.05, 0) is 88.8 Å². The molecule has 7 aromatic rings. The monoisotopic (exact) mass is 650 g/mol. The zero-order chi connectivity index (χ0) is 34.3. The van der Waals surface area contributed by atoms with E-state index < -0.39 is 0 Å². The van der Waals surface area contributed by atoms with Crippen LogP contribution in [0.3, 0.4) is 0 Å². The van der Waals surface area contributed by atoms with Crippen LogP contribution < -0.4 is 9.80 Å². The van der Waals surface area contributed by atoms with Crippen LogP contribution in [0.1, 0.15) is 37.5 Å². The number of rotatable bonds is 10. The van der Waals surface area contributed by atoms with Crippen LogP contribution in [-0.2, 0) is 18.5 Å². The third-order valence-electron chi connectivity index (χ3n) is 9.04. The van der Waals surface area contributed by atoms with Crippen molar-refractivity contribution in [3.05, 3.63) is 193 Å². The van der Waals surface area contributed by atoms with Gasteiger partial charge in [0.05, 0.1) is 11.4 Å². The van der Waals surface area contributed by atoms with Crippen LogP contribution in [0.15, 0.2) is 176 Å². The summed E-state index contributed by atoms with van der Waals surface area (Å²) in [6.45, 7) is 8.34. The molecule has 4 heteroatoms. The van der Waals surface area contributed by atoms with Crippen molar-refractivity contribution in [3.8, 4) is 22.5 Å². The van der Waals surface area contributed by atoms with Gasteiger partial charge in [0, 0.05) is 59.4 Å². The van der Waals surface area contributed by atoms with Crippen LogP contribution in [0.2, 0.25) is 0 Å². The van der Waals surface area contributed by atoms with Gasteiger partial charge in [0.2, 0.25) is 0 Å². The summed E-state index contributed by atoms with van der Waals surface area (Å²) in [5, 5.41) is 0. The zero-order valence-electron chi connectivity index (χ0n) is 28.9. The van der Waals surface area contributed by atoms with Gasteiger partial charge in [-0.2, -0.15) is 0 Å². The predicted octanol–water partition coefficient (Wildman–Crippen LogP) is 11.8. The van der Waals surface area contributed by atoms with E-state index in [-0.39, 0.29) is 5.41 Å². The van der Waals surface area contributed by atoms with Crippen LogP contribution in [-0.4, -0.2) is 9.97 Å². The Labute approximate surface area is 296 Å². The molecule has 0 atom stereocenters. The van der Waals surface area contributed by atoms with E-state index in [9.17, 15) is 0 Å². The Morgan fingerprint density at radius 3 is 1.18 bits per heavy atom. The van der Waals surface area contributed by atoms with E-state index in [1.165, 1.54) is 16.7 Å². The third-order valence-corrected chi connectivity index (χ3v) is 9.04. The first kappa shape index (κ1) is 32.5. The molecule has 0 bridgehead atoms. The Kier molecular flexibility index (Phi) is 9.52. The maximum Gasteiger partial charge on any atom is 0.0701 e. The Bertz CT molecular complexity index is 1960. The van der Waals surface area contributed by atoms with Gasteiger partial charge in [0.15, 0.2) is 0 Å². The van der Waals surface area contributed by atoms with Gasteiger partial charge < -0.3 is 9.80 Å². The number of hydrogen-bond donors (Lipinski definition) is 0. The Balaban J connectivity index is 1.35. The molecule has 246 valence electrons. The molecule has 0 aliphatic carbocycles. The zero-order valence-corrected chi connectivity index (χ0v) is 28.9. The molecule has 5 aromatic carbocycles. The largest absolute Gasteiger partial charge is 0.337 e. The molecule has 0 N–H and O–H groups in total. The van der Waals surface area contributed by atoms with Crippen molar-refractivity contribution >= 4 is 22.7 Å². The minimum Gasteiger partial charge on any atom is -0.337 e. The topological polar surface area (TPSA) is 32.3 Å². The van der Waals surface area contributed by atoms with Gasteiger partial charge in [-0.15, -0.1) is 0 Å². The maximum absolute atomic E-state index is 4.58. The quantitative estimate of drug-likeness (QED) is 0.147. The lowest BCUT2D eigenvalue weighted by atomic mass is 9.86. The summed E-state index contributed by atoms with van der Waals surface area (Å²) >= 11 is 0. The average molecular weight is 651 g/mol. The van der Waals surface area contributed by atoms with Crippen molar-refractivity contribution in [2.75, 3.05) is 9.80 Å². The van der Waals surface area contributed by atoms with Crippen LogP contribution in [0.4, 0.5) is 22.7 Å². The number of nitrogens with zero attached hydrogens (tertiary/aromatic N) is 4. The standard InChI is InChI=1S/C46H42N4/c1-46(2,3)39-30-42(49(33-35-14-6-4-7-15-35)40-24-20-37(21-25-40)44-18-10-12-28-47-44)32-43(31-39)50(34-36-16-8-5-9-17-36)41-26-22-38(23-27-41)45-19-11-13-29-48-45/h4-32H,33-34H2,1-3H3. The Hall–Kier alpha value is -6.00. The lowest BCUT2D eigenvalue weighted by Crippen LogP contribution is -2.21. The van der Waals surface area contributed by atoms with E-state index in [4.69, 9.17) is 0 Å². The van der Waals surface area contributed by atoms with E-state index in [0.29, 0.717) is 0 Å². The molecule has 7 rings (SSSR count). The molecule has 0 unspecified atom stereocenters. The predicted molar refractivity (Wildman–Crippen MR) is 209 cm³/mol. The fraction of sp³-hybridized carbons (Fsp3) is 0.130. The molecule has 0 aliphatic rings. The number of aromatic nitrogens is 2. The normalized spacial score (nSPS) is 11.3. The molecule has 0 spiro atoms. The van der Waals surface area contributed by atoms with Crippen molar-refractivity contribution in [2.45, 2.75) is 39.3 Å². The first-order chi connectivity index (χ1) is 24.4. The highest BCUT2D eigenvalue weighted by Crippen LogP contribution is 2.39. The van der Waals surface area contributed by atoms with Gasteiger partial charge in [-0.1, -0.05) is 118 Å². The summed E-state index contributed by atoms with van der Waals surface area (Å²) in [5.41, 5.74) is 12.4. The fourth-order valence-corrected chi connectivity index (χ4v) is 6.23. The third kappa shape index (κ3) is 7.66. The summed E-state index contributed by atoms with van der Waals surface area (Å²) in [5.74, 6) is 0. The number of hydrogen-bond acceptors (Lipinski definition) is 4. The molecule has 2 heterocycles. The van der Waals surface area contributed by atoms with Gasteiger partial charge in [0.25, 0.3) is 0 Å². The molecule has 0 radical (unpaired) electrons. The molecular weight excluding hydrogens is 609 g/mol. The molecule has 0 aliphatic heterocycles. The van der Waals surface area contributed by atoms with E-state index >= 15 is 0 Å². The van der Waals surface area contributed by atoms with Crippen LogP contribution in [0.5, 0.6) is 0 Å². The van der Waals surface area contributed by atoms with E-state index in [1.54, 1.807) is 0 Å². The number of pyridine rings is 2. The van der Waals surface area contributed by atoms with Crippen molar-refractivity contribution in [3.63, 3.8) is 0 Å². The summed E-state index contributed by atoms with van der Waals surface area (Å²) in [6, 6.07) is 58.2. The number of anilines is 4.